The van der Waals surface area contributed by atoms with E-state index in [-0.39, 0.29) is 58.1 Å². The average Bonchev–Trinajstić information content (AvgIpc) is 3.53. The maximum atomic E-state index is 15.6. The highest BCUT2D eigenvalue weighted by Crippen LogP contribution is 2.61. The molecular formula is C46H46F3N7O6S2. The molecule has 0 unspecified atom stereocenters. The molecule has 64 heavy (non-hydrogen) atoms. The number of alkyl halides is 2. The van der Waals surface area contributed by atoms with E-state index in [0.717, 1.165) is 29.7 Å². The largest absolute Gasteiger partial charge is 0.462 e. The first-order valence-electron chi connectivity index (χ1n) is 21.0. The zero-order valence-electron chi connectivity index (χ0n) is 36.1. The van der Waals surface area contributed by atoms with E-state index >= 15 is 13.2 Å². The van der Waals surface area contributed by atoms with Crippen molar-refractivity contribution < 1.29 is 41.7 Å². The van der Waals surface area contributed by atoms with Crippen LogP contribution in [0.15, 0.2) is 54.7 Å². The van der Waals surface area contributed by atoms with Crippen LogP contribution in [-0.4, -0.2) is 87.5 Å². The van der Waals surface area contributed by atoms with Gasteiger partial charge in [0.1, 0.15) is 45.3 Å². The van der Waals surface area contributed by atoms with E-state index in [2.05, 4.69) is 16.3 Å². The first kappa shape index (κ1) is 43.5. The summed E-state index contributed by atoms with van der Waals surface area (Å²) < 4.78 is 69.9. The number of fused-ring (bicyclic) bond motifs is 6. The average molecular weight is 914 g/mol. The number of hydrogen-bond acceptors (Lipinski definition) is 13. The Kier molecular flexibility index (Phi) is 10.9. The van der Waals surface area contributed by atoms with Crippen LogP contribution in [0.3, 0.4) is 0 Å². The van der Waals surface area contributed by atoms with Gasteiger partial charge in [0.2, 0.25) is 0 Å². The topological polar surface area (TPSA) is 152 Å². The molecule has 0 spiro atoms. The molecule has 2 aliphatic heterocycles. The summed E-state index contributed by atoms with van der Waals surface area (Å²) in [4.78, 5) is 45.2. The Morgan fingerprint density at radius 1 is 0.922 bits per heavy atom. The molecule has 3 atom stereocenters. The number of pyridine rings is 1. The zero-order chi connectivity index (χ0) is 45.3. The summed E-state index contributed by atoms with van der Waals surface area (Å²) in [6.07, 6.45) is 1.55. The Bertz CT molecular complexity index is 2840. The molecule has 334 valence electrons. The first-order valence-corrected chi connectivity index (χ1v) is 22.6. The number of benzene rings is 2. The number of piperazine rings is 1. The van der Waals surface area contributed by atoms with Crippen molar-refractivity contribution >= 4 is 76.1 Å². The van der Waals surface area contributed by atoms with Crippen LogP contribution in [0.4, 0.5) is 33.6 Å². The minimum absolute atomic E-state index is 0.0494. The van der Waals surface area contributed by atoms with Gasteiger partial charge in [-0.25, -0.2) is 22.8 Å². The molecule has 2 bridgehead atoms. The molecule has 2 amide bonds. The van der Waals surface area contributed by atoms with E-state index in [0.29, 0.717) is 50.5 Å². The maximum Gasteiger partial charge on any atom is 0.412 e. The molecule has 13 nitrogen and oxygen atoms in total. The highest BCUT2D eigenvalue weighted by atomic mass is 32.1. The lowest BCUT2D eigenvalue weighted by atomic mass is 10.0. The molecular weight excluding hydrogens is 868 g/mol. The number of nitrogens with one attached hydrogen (secondary N) is 1. The fourth-order valence-corrected chi connectivity index (χ4v) is 10.8. The second-order valence-corrected chi connectivity index (χ2v) is 20.6. The lowest BCUT2D eigenvalue weighted by molar-refractivity contribution is -0.0173. The van der Waals surface area contributed by atoms with E-state index in [1.807, 2.05) is 62.1 Å². The van der Waals surface area contributed by atoms with Crippen LogP contribution in [-0.2, 0) is 20.8 Å². The van der Waals surface area contributed by atoms with Crippen molar-refractivity contribution in [1.29, 1.82) is 5.26 Å². The Morgan fingerprint density at radius 3 is 2.28 bits per heavy atom. The molecule has 2 aromatic carbocycles. The van der Waals surface area contributed by atoms with Crippen molar-refractivity contribution in [3.63, 3.8) is 0 Å². The number of hydrogen-bond donors (Lipinski definition) is 1. The fraction of sp³-hybridized carbons (Fsp3) is 0.435. The first-order chi connectivity index (χ1) is 30.3. The highest BCUT2D eigenvalue weighted by molar-refractivity contribution is 7.26. The SMILES string of the molecule is CC(C)(C)OC(=O)Nc1sc2c(F)ccc(-c3nccc4c3sc3nc(OC[C@]5(COCc6ccccc6)CC5(F)F)nc(N5C[C@H]6CC[C@@H](C5)N6C(=O)OC(C)(C)C)c34)c2c1C#N. The lowest BCUT2D eigenvalue weighted by Crippen LogP contribution is -2.57. The predicted molar refractivity (Wildman–Crippen MR) is 239 cm³/mol. The summed E-state index contributed by atoms with van der Waals surface area (Å²) in [6.45, 7) is 11.0. The van der Waals surface area contributed by atoms with Crippen molar-refractivity contribution in [2.75, 3.05) is 36.5 Å². The van der Waals surface area contributed by atoms with Crippen LogP contribution in [0.2, 0.25) is 0 Å². The Hall–Kier alpha value is -5.77. The van der Waals surface area contributed by atoms with Crippen LogP contribution in [0.25, 0.3) is 41.6 Å². The summed E-state index contributed by atoms with van der Waals surface area (Å²) in [5, 5.41) is 14.9. The number of anilines is 2. The number of rotatable bonds is 10. The van der Waals surface area contributed by atoms with Gasteiger partial charge in [0, 0.05) is 42.0 Å². The van der Waals surface area contributed by atoms with Gasteiger partial charge >= 0.3 is 18.2 Å². The quantitative estimate of drug-likeness (QED) is 0.140. The summed E-state index contributed by atoms with van der Waals surface area (Å²) in [5.41, 5.74) is -1.27. The lowest BCUT2D eigenvalue weighted by Gasteiger charge is -2.42. The second kappa shape index (κ2) is 16.0. The Morgan fingerprint density at radius 2 is 1.62 bits per heavy atom. The summed E-state index contributed by atoms with van der Waals surface area (Å²) >= 11 is 2.19. The number of thiophene rings is 2. The van der Waals surface area contributed by atoms with E-state index < -0.39 is 47.5 Å². The van der Waals surface area contributed by atoms with Gasteiger partial charge in [0.25, 0.3) is 5.92 Å². The number of nitriles is 1. The van der Waals surface area contributed by atoms with E-state index in [1.54, 1.807) is 33.0 Å². The molecule has 4 aromatic heterocycles. The minimum Gasteiger partial charge on any atom is -0.462 e. The number of aromatic nitrogens is 3. The van der Waals surface area contributed by atoms with Crippen LogP contribution < -0.4 is 15.0 Å². The van der Waals surface area contributed by atoms with Crippen molar-refractivity contribution in [1.82, 2.24) is 19.9 Å². The molecule has 0 radical (unpaired) electrons. The van der Waals surface area contributed by atoms with Gasteiger partial charge in [0.05, 0.1) is 56.8 Å². The van der Waals surface area contributed by atoms with Gasteiger partial charge in [-0.1, -0.05) is 30.3 Å². The van der Waals surface area contributed by atoms with Crippen molar-refractivity contribution in [2.24, 2.45) is 5.41 Å². The summed E-state index contributed by atoms with van der Waals surface area (Å²) in [6, 6.07) is 15.7. The molecule has 2 saturated heterocycles. The predicted octanol–water partition coefficient (Wildman–Crippen LogP) is 10.7. The fourth-order valence-electron chi connectivity index (χ4n) is 8.58. The molecule has 6 heterocycles. The van der Waals surface area contributed by atoms with Crippen LogP contribution in [0.5, 0.6) is 6.01 Å². The monoisotopic (exact) mass is 913 g/mol. The molecule has 6 aromatic rings. The van der Waals surface area contributed by atoms with Crippen LogP contribution >= 0.6 is 22.7 Å². The molecule has 9 rings (SSSR count). The van der Waals surface area contributed by atoms with Gasteiger partial charge < -0.3 is 23.8 Å². The summed E-state index contributed by atoms with van der Waals surface area (Å²) in [5.74, 6) is -3.10. The molecule has 3 aliphatic rings. The molecule has 1 saturated carbocycles. The number of halogens is 3. The van der Waals surface area contributed by atoms with Crippen molar-refractivity contribution in [3.8, 4) is 23.3 Å². The maximum absolute atomic E-state index is 15.6. The Balaban J connectivity index is 1.12. The van der Waals surface area contributed by atoms with Crippen LogP contribution in [0.1, 0.15) is 71.9 Å². The Labute approximate surface area is 375 Å². The number of amides is 2. The van der Waals surface area contributed by atoms with E-state index in [4.69, 9.17) is 33.9 Å². The van der Waals surface area contributed by atoms with Crippen molar-refractivity contribution in [2.45, 2.75) is 96.6 Å². The number of carbonyl (C=O) groups is 2. The number of nitrogens with zero attached hydrogens (tertiary/aromatic N) is 6. The number of ether oxygens (including phenoxy) is 4. The normalized spacial score (nSPS) is 20.4. The zero-order valence-corrected chi connectivity index (χ0v) is 37.7. The third-order valence-electron chi connectivity index (χ3n) is 11.5. The van der Waals surface area contributed by atoms with Gasteiger partial charge in [0.15, 0.2) is 0 Å². The van der Waals surface area contributed by atoms with Gasteiger partial charge in [-0.3, -0.25) is 15.2 Å². The van der Waals surface area contributed by atoms with Gasteiger partial charge in [-0.2, -0.15) is 15.2 Å². The molecule has 18 heteroatoms. The van der Waals surface area contributed by atoms with Crippen molar-refractivity contribution in [3.05, 3.63) is 71.7 Å². The smallest absolute Gasteiger partial charge is 0.412 e. The standard InChI is InChI=1S/C46H46F3N7O6S2/c1-43(2,3)61-41(57)54-38-30(18-50)32-28(14-15-31(47)36(32)64-38)34-35-29(16-17-51-34)33-37(55-19-26-12-13-27(20-55)56(26)42(58)62-44(4,5)6)52-40(53-39(33)63-35)60-24-45(22-46(45,48)49)23-59-21-25-10-8-7-9-11-25/h7-11,14-17,26-27H,12-13,19-24H2,1-6H3,(H,54,57)/t26-,27+,45-/m1/s1. The van der Waals surface area contributed by atoms with E-state index in [1.165, 1.54) is 17.4 Å². The minimum atomic E-state index is -3.02. The number of carbonyl (C=O) groups excluding carboxylic acids is 2. The molecule has 3 fully saturated rings. The third-order valence-corrected chi connectivity index (χ3v) is 13.8. The van der Waals surface area contributed by atoms with E-state index in [9.17, 15) is 14.9 Å². The highest BCUT2D eigenvalue weighted by Gasteiger charge is 2.72. The summed E-state index contributed by atoms with van der Waals surface area (Å²) in [7, 11) is 0. The van der Waals surface area contributed by atoms with Gasteiger partial charge in [-0.05, 0) is 78.1 Å². The molecule has 1 aliphatic carbocycles. The molecule has 1 N–H and O–H groups in total. The van der Waals surface area contributed by atoms with Crippen LogP contribution in [0, 0.1) is 22.6 Å². The van der Waals surface area contributed by atoms with Gasteiger partial charge in [-0.15, -0.1) is 22.7 Å². The second-order valence-electron chi connectivity index (χ2n) is 18.6. The third kappa shape index (κ3) is 8.25.